The number of likely N-dealkylation sites (N-methyl/N-ethyl adjacent to an activating group) is 1. The third kappa shape index (κ3) is 4.88. The van der Waals surface area contributed by atoms with Crippen LogP contribution in [0.2, 0.25) is 0 Å². The van der Waals surface area contributed by atoms with Crippen LogP contribution in [0.3, 0.4) is 0 Å². The minimum atomic E-state index is -0.644. The highest BCUT2D eigenvalue weighted by Gasteiger charge is 2.35. The third-order valence-electron chi connectivity index (χ3n) is 6.49. The highest BCUT2D eigenvalue weighted by Crippen LogP contribution is 2.31. The van der Waals surface area contributed by atoms with Crippen LogP contribution in [0.25, 0.3) is 11.4 Å². The maximum Gasteiger partial charge on any atom is 0.272 e. The van der Waals surface area contributed by atoms with E-state index in [2.05, 4.69) is 20.1 Å². The molecule has 2 N–H and O–H groups in total. The van der Waals surface area contributed by atoms with Gasteiger partial charge in [-0.05, 0) is 24.2 Å². The van der Waals surface area contributed by atoms with Crippen molar-refractivity contribution >= 4 is 11.8 Å². The summed E-state index contributed by atoms with van der Waals surface area (Å²) < 4.78 is 2.21. The number of aromatic nitrogens is 2. The number of imidazole rings is 1. The number of hydrogen-bond donors (Lipinski definition) is 2. The Balaban J connectivity index is 1.67. The Morgan fingerprint density at radius 3 is 2.47 bits per heavy atom. The number of nitrogens with zero attached hydrogens (tertiary/aromatic N) is 3. The second-order valence-corrected chi connectivity index (χ2v) is 10.1. The van der Waals surface area contributed by atoms with Crippen molar-refractivity contribution in [1.29, 1.82) is 0 Å². The van der Waals surface area contributed by atoms with Crippen LogP contribution in [0.15, 0.2) is 30.3 Å². The fourth-order valence-electron chi connectivity index (χ4n) is 4.45. The van der Waals surface area contributed by atoms with Crippen molar-refractivity contribution in [2.24, 2.45) is 11.3 Å². The van der Waals surface area contributed by atoms with Gasteiger partial charge in [0.2, 0.25) is 5.91 Å². The van der Waals surface area contributed by atoms with E-state index in [1.54, 1.807) is 7.05 Å². The molecule has 2 heterocycles. The number of fused-ring (bicyclic) bond motifs is 1. The summed E-state index contributed by atoms with van der Waals surface area (Å²) >= 11 is 0. The van der Waals surface area contributed by atoms with Gasteiger partial charge in [0.1, 0.15) is 17.6 Å². The molecule has 32 heavy (non-hydrogen) atoms. The summed E-state index contributed by atoms with van der Waals surface area (Å²) in [7, 11) is 1.60. The summed E-state index contributed by atoms with van der Waals surface area (Å²) in [5.41, 5.74) is 1.98. The Hall–Kier alpha value is -2.67. The number of carbonyl (C=O) groups excluding carboxylic acids is 2. The minimum absolute atomic E-state index is 0.199. The van der Waals surface area contributed by atoms with Crippen LogP contribution in [-0.4, -0.2) is 59.0 Å². The molecule has 0 bridgehead atoms. The fourth-order valence-corrected chi connectivity index (χ4v) is 4.45. The third-order valence-corrected chi connectivity index (χ3v) is 6.49. The number of nitrogens with one attached hydrogen (secondary N) is 2. The second-order valence-electron chi connectivity index (χ2n) is 10.1. The maximum atomic E-state index is 13.4. The van der Waals surface area contributed by atoms with Gasteiger partial charge >= 0.3 is 0 Å². The molecule has 2 aliphatic rings. The monoisotopic (exact) mass is 437 g/mol. The minimum Gasteiger partial charge on any atom is -0.357 e. The predicted molar refractivity (Wildman–Crippen MR) is 125 cm³/mol. The zero-order valence-corrected chi connectivity index (χ0v) is 19.6. The van der Waals surface area contributed by atoms with E-state index in [0.717, 1.165) is 55.6 Å². The molecule has 0 saturated heterocycles. The fraction of sp³-hybridized carbons (Fsp3) is 0.560. The predicted octanol–water partition coefficient (Wildman–Crippen LogP) is 2.71. The summed E-state index contributed by atoms with van der Waals surface area (Å²) in [4.78, 5) is 33.3. The highest BCUT2D eigenvalue weighted by molar-refractivity contribution is 5.97. The lowest BCUT2D eigenvalue weighted by atomic mass is 9.86. The lowest BCUT2D eigenvalue weighted by Crippen LogP contribution is -2.53. The van der Waals surface area contributed by atoms with Gasteiger partial charge in [-0.1, -0.05) is 51.1 Å². The molecule has 1 atom stereocenters. The van der Waals surface area contributed by atoms with Crippen molar-refractivity contribution in [3.63, 3.8) is 0 Å². The number of amides is 2. The molecule has 4 rings (SSSR count). The van der Waals surface area contributed by atoms with Gasteiger partial charge < -0.3 is 20.1 Å². The molecule has 1 aromatic heterocycles. The van der Waals surface area contributed by atoms with E-state index in [9.17, 15) is 9.59 Å². The molecular weight excluding hydrogens is 402 g/mol. The van der Waals surface area contributed by atoms with Gasteiger partial charge in [-0.25, -0.2) is 4.98 Å². The molecule has 2 aromatic rings. The van der Waals surface area contributed by atoms with E-state index >= 15 is 0 Å². The first-order chi connectivity index (χ1) is 15.3. The Morgan fingerprint density at radius 1 is 1.12 bits per heavy atom. The average molecular weight is 438 g/mol. The molecule has 172 valence electrons. The highest BCUT2D eigenvalue weighted by atomic mass is 16.2. The van der Waals surface area contributed by atoms with Gasteiger partial charge in [-0.15, -0.1) is 0 Å². The second kappa shape index (κ2) is 9.06. The SMILES string of the molecule is CNC(=O)[C@@H](NC(=O)c1nc(-c2ccccc2)n2c1CCN(CC1CC1)CC2)C(C)(C)C. The normalized spacial score (nSPS) is 17.9. The van der Waals surface area contributed by atoms with Crippen LogP contribution in [0.4, 0.5) is 0 Å². The van der Waals surface area contributed by atoms with Gasteiger partial charge in [-0.3, -0.25) is 9.59 Å². The summed E-state index contributed by atoms with van der Waals surface area (Å²) in [6.45, 7) is 9.69. The first kappa shape index (κ1) is 22.5. The standard InChI is InChI=1S/C25H35N5O2/c1-25(2,3)21(24(32)26-4)28-23(31)20-19-12-13-29(16-17-10-11-17)14-15-30(19)22(27-20)18-8-6-5-7-9-18/h5-9,17,21H,10-16H2,1-4H3,(H,26,32)(H,28,31)/t21-/m1/s1. The molecule has 0 radical (unpaired) electrons. The Labute approximate surface area is 190 Å². The number of carbonyl (C=O) groups is 2. The van der Waals surface area contributed by atoms with Gasteiger partial charge in [0.05, 0.1) is 5.69 Å². The van der Waals surface area contributed by atoms with E-state index in [4.69, 9.17) is 4.98 Å². The van der Waals surface area contributed by atoms with Gasteiger partial charge in [0, 0.05) is 45.2 Å². The zero-order chi connectivity index (χ0) is 22.9. The largest absolute Gasteiger partial charge is 0.357 e. The number of benzene rings is 1. The van der Waals surface area contributed by atoms with E-state index in [1.807, 2.05) is 51.1 Å². The molecule has 0 spiro atoms. The quantitative estimate of drug-likeness (QED) is 0.728. The smallest absolute Gasteiger partial charge is 0.272 e. The van der Waals surface area contributed by atoms with Crippen molar-refractivity contribution in [2.75, 3.05) is 26.7 Å². The van der Waals surface area contributed by atoms with Gasteiger partial charge in [0.25, 0.3) is 5.91 Å². The van der Waals surface area contributed by atoms with E-state index in [-0.39, 0.29) is 11.8 Å². The molecule has 1 aliphatic carbocycles. The molecule has 7 nitrogen and oxygen atoms in total. The first-order valence-electron chi connectivity index (χ1n) is 11.7. The Bertz CT molecular complexity index is 972. The lowest BCUT2D eigenvalue weighted by Gasteiger charge is -2.29. The molecule has 1 aromatic carbocycles. The van der Waals surface area contributed by atoms with E-state index < -0.39 is 11.5 Å². The zero-order valence-electron chi connectivity index (χ0n) is 19.6. The topological polar surface area (TPSA) is 79.3 Å². The maximum absolute atomic E-state index is 13.4. The number of rotatable bonds is 6. The van der Waals surface area contributed by atoms with E-state index in [0.29, 0.717) is 5.69 Å². The molecule has 1 aliphatic heterocycles. The lowest BCUT2D eigenvalue weighted by molar-refractivity contribution is -0.124. The van der Waals surface area contributed by atoms with Gasteiger partial charge in [-0.2, -0.15) is 0 Å². The first-order valence-corrected chi connectivity index (χ1v) is 11.7. The molecule has 7 heteroatoms. The Morgan fingerprint density at radius 2 is 1.84 bits per heavy atom. The molecule has 2 amide bonds. The van der Waals surface area contributed by atoms with Crippen molar-refractivity contribution in [3.05, 3.63) is 41.7 Å². The van der Waals surface area contributed by atoms with Gasteiger partial charge in [0.15, 0.2) is 0 Å². The van der Waals surface area contributed by atoms with Crippen LogP contribution >= 0.6 is 0 Å². The summed E-state index contributed by atoms with van der Waals surface area (Å²) in [5, 5.41) is 5.65. The van der Waals surface area contributed by atoms with Crippen LogP contribution in [0.5, 0.6) is 0 Å². The summed E-state index contributed by atoms with van der Waals surface area (Å²) in [5.74, 6) is 1.18. The van der Waals surface area contributed by atoms with Crippen LogP contribution in [-0.2, 0) is 17.8 Å². The summed E-state index contributed by atoms with van der Waals surface area (Å²) in [6, 6.07) is 9.40. The molecular formula is C25H35N5O2. The average Bonchev–Trinajstić information content (AvgIpc) is 3.55. The Kier molecular flexibility index (Phi) is 6.38. The van der Waals surface area contributed by atoms with Crippen molar-refractivity contribution in [3.8, 4) is 11.4 Å². The van der Waals surface area contributed by atoms with Crippen molar-refractivity contribution in [2.45, 2.75) is 52.6 Å². The van der Waals surface area contributed by atoms with Crippen LogP contribution < -0.4 is 10.6 Å². The van der Waals surface area contributed by atoms with E-state index in [1.165, 1.54) is 12.8 Å². The van der Waals surface area contributed by atoms with Crippen LogP contribution in [0.1, 0.15) is 49.8 Å². The number of hydrogen-bond acceptors (Lipinski definition) is 4. The molecule has 1 saturated carbocycles. The molecule has 0 unspecified atom stereocenters. The van der Waals surface area contributed by atoms with Crippen molar-refractivity contribution < 1.29 is 9.59 Å². The van der Waals surface area contributed by atoms with Crippen molar-refractivity contribution in [1.82, 2.24) is 25.1 Å². The van der Waals surface area contributed by atoms with Crippen LogP contribution in [0, 0.1) is 11.3 Å². The summed E-state index contributed by atoms with van der Waals surface area (Å²) in [6.07, 6.45) is 3.44. The molecule has 1 fully saturated rings.